The summed E-state index contributed by atoms with van der Waals surface area (Å²) in [4.78, 5) is 40.0. The molecule has 1 atom stereocenters. The molecule has 0 saturated heterocycles. The first-order chi connectivity index (χ1) is 14.0. The Hall–Kier alpha value is -2.71. The molecule has 0 bridgehead atoms. The van der Waals surface area contributed by atoms with Crippen LogP contribution in [0.4, 0.5) is 5.00 Å². The van der Waals surface area contributed by atoms with Gasteiger partial charge in [0.05, 0.1) is 19.2 Å². The molecule has 152 valence electrons. The van der Waals surface area contributed by atoms with Gasteiger partial charge in [-0.15, -0.1) is 11.3 Å². The predicted octanol–water partition coefficient (Wildman–Crippen LogP) is 1.87. The van der Waals surface area contributed by atoms with Gasteiger partial charge in [-0.05, 0) is 42.4 Å². The van der Waals surface area contributed by atoms with Crippen LogP contribution < -0.4 is 11.1 Å². The number of carbonyl (C=O) groups is 3. The number of benzene rings is 1. The first-order valence-electron chi connectivity index (χ1n) is 9.60. The molecular formula is C21H23N3O4S. The second-order valence-corrected chi connectivity index (χ2v) is 8.50. The van der Waals surface area contributed by atoms with Gasteiger partial charge in [-0.3, -0.25) is 19.3 Å². The Bertz CT molecular complexity index is 984. The lowest BCUT2D eigenvalue weighted by Gasteiger charge is -2.34. The summed E-state index contributed by atoms with van der Waals surface area (Å²) in [7, 11) is 1.35. The number of nitrogens with one attached hydrogen (secondary N) is 1. The summed E-state index contributed by atoms with van der Waals surface area (Å²) in [6, 6.07) is 7.36. The van der Waals surface area contributed by atoms with Crippen molar-refractivity contribution in [2.24, 2.45) is 5.73 Å². The summed E-state index contributed by atoms with van der Waals surface area (Å²) in [6.45, 7) is 0.502. The number of thiophene rings is 1. The van der Waals surface area contributed by atoms with Crippen molar-refractivity contribution in [3.05, 3.63) is 51.4 Å². The summed E-state index contributed by atoms with van der Waals surface area (Å²) in [6.07, 6.45) is 3.22. The molecular weight excluding hydrogens is 390 g/mol. The molecule has 2 heterocycles. The van der Waals surface area contributed by atoms with Crippen LogP contribution in [0.5, 0.6) is 0 Å². The third-order valence-electron chi connectivity index (χ3n) is 5.59. The molecule has 1 aliphatic carbocycles. The molecule has 0 unspecified atom stereocenters. The fraction of sp³-hybridized carbons (Fsp3) is 0.381. The molecule has 1 aliphatic heterocycles. The van der Waals surface area contributed by atoms with Crippen LogP contribution in [0.1, 0.15) is 38.3 Å². The number of esters is 1. The van der Waals surface area contributed by atoms with Gasteiger partial charge in [0.1, 0.15) is 11.0 Å². The predicted molar refractivity (Wildman–Crippen MR) is 110 cm³/mol. The number of rotatable bonds is 5. The molecule has 2 aliphatic rings. The van der Waals surface area contributed by atoms with Gasteiger partial charge in [0.25, 0.3) is 5.91 Å². The SMILES string of the molecule is COC(=O)[C@H]1Cc2ccccc2CN1CC(=O)Nc1sc2c(c1C(N)=O)CCC2. The molecule has 7 nitrogen and oxygen atoms in total. The summed E-state index contributed by atoms with van der Waals surface area (Å²) in [5, 5.41) is 3.37. The van der Waals surface area contributed by atoms with Crippen LogP contribution in [0.15, 0.2) is 24.3 Å². The molecule has 3 N–H and O–H groups in total. The molecule has 0 fully saturated rings. The first-order valence-corrected chi connectivity index (χ1v) is 10.4. The van der Waals surface area contributed by atoms with E-state index in [0.29, 0.717) is 23.5 Å². The van der Waals surface area contributed by atoms with E-state index < -0.39 is 11.9 Å². The number of fused-ring (bicyclic) bond motifs is 2. The number of primary amides is 1. The standard InChI is InChI=1S/C21H23N3O4S/c1-28-21(27)15-9-12-5-2-3-6-13(12)10-24(15)11-17(25)23-20-18(19(22)26)14-7-4-8-16(14)29-20/h2-3,5-6,15H,4,7-11H2,1H3,(H2,22,26)(H,23,25)/t15-/m1/s1. The van der Waals surface area contributed by atoms with Gasteiger partial charge < -0.3 is 15.8 Å². The van der Waals surface area contributed by atoms with E-state index in [1.807, 2.05) is 29.2 Å². The van der Waals surface area contributed by atoms with Crippen molar-refractivity contribution in [1.82, 2.24) is 4.90 Å². The Morgan fingerprint density at radius 2 is 2.00 bits per heavy atom. The average molecular weight is 413 g/mol. The fourth-order valence-electron chi connectivity index (χ4n) is 4.22. The van der Waals surface area contributed by atoms with Crippen LogP contribution in [-0.2, 0) is 40.1 Å². The molecule has 1 aromatic carbocycles. The quantitative estimate of drug-likeness (QED) is 0.729. The molecule has 2 aromatic rings. The third-order valence-corrected chi connectivity index (χ3v) is 6.79. The van der Waals surface area contributed by atoms with Gasteiger partial charge in [0, 0.05) is 11.4 Å². The van der Waals surface area contributed by atoms with Gasteiger partial charge in [-0.1, -0.05) is 24.3 Å². The van der Waals surface area contributed by atoms with Gasteiger partial charge >= 0.3 is 5.97 Å². The number of ether oxygens (including phenoxy) is 1. The highest BCUT2D eigenvalue weighted by Gasteiger charge is 2.34. The van der Waals surface area contributed by atoms with Crippen LogP contribution in [-0.4, -0.2) is 42.4 Å². The maximum absolute atomic E-state index is 12.8. The number of methoxy groups -OCH3 is 1. The number of nitrogens with two attached hydrogens (primary N) is 1. The Labute approximate surface area is 172 Å². The number of amides is 2. The van der Waals surface area contributed by atoms with Crippen molar-refractivity contribution >= 4 is 34.1 Å². The van der Waals surface area contributed by atoms with E-state index in [9.17, 15) is 14.4 Å². The Balaban J connectivity index is 1.53. The van der Waals surface area contributed by atoms with Crippen LogP contribution in [0.25, 0.3) is 0 Å². The molecule has 8 heteroatoms. The highest BCUT2D eigenvalue weighted by molar-refractivity contribution is 7.17. The molecule has 1 aromatic heterocycles. The van der Waals surface area contributed by atoms with E-state index in [2.05, 4.69) is 5.32 Å². The zero-order valence-corrected chi connectivity index (χ0v) is 17.0. The van der Waals surface area contributed by atoms with Crippen LogP contribution in [0, 0.1) is 0 Å². The number of carbonyl (C=O) groups excluding carboxylic acids is 3. The lowest BCUT2D eigenvalue weighted by atomic mass is 9.94. The van der Waals surface area contributed by atoms with Gasteiger partial charge in [-0.25, -0.2) is 0 Å². The second kappa shape index (κ2) is 7.96. The maximum atomic E-state index is 12.8. The van der Waals surface area contributed by atoms with Gasteiger partial charge in [0.15, 0.2) is 0 Å². The summed E-state index contributed by atoms with van der Waals surface area (Å²) >= 11 is 1.42. The first kappa shape index (κ1) is 19.6. The smallest absolute Gasteiger partial charge is 0.323 e. The van der Waals surface area contributed by atoms with Crippen molar-refractivity contribution in [2.45, 2.75) is 38.3 Å². The fourth-order valence-corrected chi connectivity index (χ4v) is 5.53. The van der Waals surface area contributed by atoms with E-state index >= 15 is 0 Å². The molecule has 0 radical (unpaired) electrons. The van der Waals surface area contributed by atoms with Crippen LogP contribution in [0.3, 0.4) is 0 Å². The molecule has 2 amide bonds. The number of hydrogen-bond donors (Lipinski definition) is 2. The van der Waals surface area contributed by atoms with Crippen molar-refractivity contribution < 1.29 is 19.1 Å². The second-order valence-electron chi connectivity index (χ2n) is 7.39. The Kier molecular flexibility index (Phi) is 5.38. The lowest BCUT2D eigenvalue weighted by molar-refractivity contribution is -0.148. The molecule has 29 heavy (non-hydrogen) atoms. The van der Waals surface area contributed by atoms with Crippen molar-refractivity contribution in [3.8, 4) is 0 Å². The van der Waals surface area contributed by atoms with Crippen LogP contribution in [0.2, 0.25) is 0 Å². The Morgan fingerprint density at radius 3 is 2.72 bits per heavy atom. The maximum Gasteiger partial charge on any atom is 0.323 e. The number of nitrogens with zero attached hydrogens (tertiary/aromatic N) is 1. The monoisotopic (exact) mass is 413 g/mol. The number of hydrogen-bond acceptors (Lipinski definition) is 6. The summed E-state index contributed by atoms with van der Waals surface area (Å²) in [5.41, 5.74) is 9.15. The minimum absolute atomic E-state index is 0.0227. The van der Waals surface area contributed by atoms with Gasteiger partial charge in [0.2, 0.25) is 5.91 Å². The van der Waals surface area contributed by atoms with E-state index in [4.69, 9.17) is 10.5 Å². The normalized spacial score (nSPS) is 18.0. The van der Waals surface area contributed by atoms with Gasteiger partial charge in [-0.2, -0.15) is 0 Å². The number of aryl methyl sites for hydroxylation is 1. The topological polar surface area (TPSA) is 102 Å². The zero-order valence-electron chi connectivity index (χ0n) is 16.2. The minimum atomic E-state index is -0.524. The molecule has 0 saturated carbocycles. The third kappa shape index (κ3) is 3.77. The van der Waals surface area contributed by atoms with Crippen molar-refractivity contribution in [3.63, 3.8) is 0 Å². The highest BCUT2D eigenvalue weighted by atomic mass is 32.1. The highest BCUT2D eigenvalue weighted by Crippen LogP contribution is 2.38. The Morgan fingerprint density at radius 1 is 1.24 bits per heavy atom. The average Bonchev–Trinajstić information content (AvgIpc) is 3.27. The molecule has 0 spiro atoms. The van der Waals surface area contributed by atoms with E-state index in [1.54, 1.807) is 0 Å². The minimum Gasteiger partial charge on any atom is -0.468 e. The van der Waals surface area contributed by atoms with E-state index in [-0.39, 0.29) is 18.4 Å². The zero-order chi connectivity index (χ0) is 20.5. The largest absolute Gasteiger partial charge is 0.468 e. The molecule has 4 rings (SSSR count). The van der Waals surface area contributed by atoms with Crippen molar-refractivity contribution in [2.75, 3.05) is 19.0 Å². The lowest BCUT2D eigenvalue weighted by Crippen LogP contribution is -2.49. The summed E-state index contributed by atoms with van der Waals surface area (Å²) in [5.74, 6) is -1.15. The van der Waals surface area contributed by atoms with Crippen molar-refractivity contribution in [1.29, 1.82) is 0 Å². The van der Waals surface area contributed by atoms with E-state index in [0.717, 1.165) is 40.8 Å². The number of anilines is 1. The van der Waals surface area contributed by atoms with E-state index in [1.165, 1.54) is 18.4 Å². The van der Waals surface area contributed by atoms with Crippen LogP contribution >= 0.6 is 11.3 Å². The summed E-state index contributed by atoms with van der Waals surface area (Å²) < 4.78 is 4.96.